The van der Waals surface area contributed by atoms with E-state index >= 15 is 0 Å². The van der Waals surface area contributed by atoms with Crippen molar-refractivity contribution in [3.05, 3.63) is 35.9 Å². The molecule has 3 atom stereocenters. The van der Waals surface area contributed by atoms with Crippen LogP contribution in [0.15, 0.2) is 30.3 Å². The first-order chi connectivity index (χ1) is 11.2. The number of hydrogen-bond donors (Lipinski definition) is 1. The average Bonchev–Trinajstić information content (AvgIpc) is 3.25. The van der Waals surface area contributed by atoms with Crippen molar-refractivity contribution in [1.29, 1.82) is 0 Å². The maximum atomic E-state index is 12.1. The van der Waals surface area contributed by atoms with Crippen molar-refractivity contribution in [2.75, 3.05) is 19.7 Å². The van der Waals surface area contributed by atoms with Gasteiger partial charge in [-0.2, -0.15) is 0 Å². The molecule has 0 radical (unpaired) electrons. The third kappa shape index (κ3) is 4.55. The maximum absolute atomic E-state index is 12.1. The minimum absolute atomic E-state index is 0.180. The van der Waals surface area contributed by atoms with Crippen molar-refractivity contribution in [3.8, 4) is 0 Å². The van der Waals surface area contributed by atoms with Crippen molar-refractivity contribution >= 4 is 5.91 Å². The van der Waals surface area contributed by atoms with Crippen LogP contribution in [0.4, 0.5) is 0 Å². The number of hydrogen-bond acceptors (Lipinski definition) is 3. The molecule has 0 saturated carbocycles. The predicted molar refractivity (Wildman–Crippen MR) is 91.2 cm³/mol. The molecule has 23 heavy (non-hydrogen) atoms. The van der Waals surface area contributed by atoms with Gasteiger partial charge in [0.05, 0.1) is 6.10 Å². The van der Waals surface area contributed by atoms with E-state index in [-0.39, 0.29) is 11.9 Å². The Bertz CT molecular complexity index is 499. The van der Waals surface area contributed by atoms with E-state index in [0.717, 1.165) is 45.4 Å². The summed E-state index contributed by atoms with van der Waals surface area (Å²) in [5.74, 6) is 0.180. The number of benzene rings is 1. The summed E-state index contributed by atoms with van der Waals surface area (Å²) in [5, 5.41) is 3.20. The lowest BCUT2D eigenvalue weighted by Gasteiger charge is -2.24. The Morgan fingerprint density at radius 3 is 2.91 bits per heavy atom. The number of likely N-dealkylation sites (tertiary alicyclic amines) is 1. The van der Waals surface area contributed by atoms with E-state index in [1.807, 2.05) is 0 Å². The van der Waals surface area contributed by atoms with Gasteiger partial charge in [0.15, 0.2) is 0 Å². The highest BCUT2D eigenvalue weighted by atomic mass is 16.5. The number of nitrogens with one attached hydrogen (secondary N) is 1. The molecule has 0 unspecified atom stereocenters. The third-order valence-corrected chi connectivity index (χ3v) is 5.13. The average molecular weight is 316 g/mol. The molecule has 1 N–H and O–H groups in total. The lowest BCUT2D eigenvalue weighted by Crippen LogP contribution is -2.37. The molecule has 2 aliphatic rings. The molecular formula is C19H28N2O2. The summed E-state index contributed by atoms with van der Waals surface area (Å²) in [6.45, 7) is 5.10. The Labute approximate surface area is 139 Å². The van der Waals surface area contributed by atoms with Gasteiger partial charge in [0.2, 0.25) is 5.91 Å². The van der Waals surface area contributed by atoms with Crippen LogP contribution in [0, 0.1) is 0 Å². The minimum Gasteiger partial charge on any atom is -0.378 e. The van der Waals surface area contributed by atoms with Gasteiger partial charge >= 0.3 is 0 Å². The Hall–Kier alpha value is -1.39. The summed E-state index contributed by atoms with van der Waals surface area (Å²) in [7, 11) is 0. The summed E-state index contributed by atoms with van der Waals surface area (Å²) in [4.78, 5) is 14.6. The van der Waals surface area contributed by atoms with Gasteiger partial charge in [-0.3, -0.25) is 9.69 Å². The van der Waals surface area contributed by atoms with Gasteiger partial charge in [0, 0.05) is 38.2 Å². The summed E-state index contributed by atoms with van der Waals surface area (Å²) in [6.07, 6.45) is 5.06. The third-order valence-electron chi connectivity index (χ3n) is 5.13. The molecule has 0 aliphatic carbocycles. The first-order valence-corrected chi connectivity index (χ1v) is 8.92. The highest BCUT2D eigenvalue weighted by Crippen LogP contribution is 2.24. The summed E-state index contributed by atoms with van der Waals surface area (Å²) in [6, 6.07) is 11.3. The second-order valence-electron chi connectivity index (χ2n) is 6.81. The highest BCUT2D eigenvalue weighted by molar-refractivity contribution is 5.76. The molecule has 2 saturated heterocycles. The second kappa shape index (κ2) is 7.93. The smallest absolute Gasteiger partial charge is 0.220 e. The van der Waals surface area contributed by atoms with Crippen LogP contribution in [-0.4, -0.2) is 42.6 Å². The van der Waals surface area contributed by atoms with Gasteiger partial charge in [-0.05, 0) is 38.2 Å². The van der Waals surface area contributed by atoms with Gasteiger partial charge in [-0.1, -0.05) is 30.3 Å². The van der Waals surface area contributed by atoms with Crippen LogP contribution in [0.3, 0.4) is 0 Å². The van der Waals surface area contributed by atoms with E-state index in [1.165, 1.54) is 5.56 Å². The Morgan fingerprint density at radius 2 is 2.17 bits per heavy atom. The first-order valence-electron chi connectivity index (χ1n) is 8.92. The molecule has 1 aromatic carbocycles. The molecule has 3 rings (SSSR count). The van der Waals surface area contributed by atoms with E-state index in [2.05, 4.69) is 47.5 Å². The van der Waals surface area contributed by atoms with E-state index in [4.69, 9.17) is 4.74 Å². The highest BCUT2D eigenvalue weighted by Gasteiger charge is 2.28. The largest absolute Gasteiger partial charge is 0.378 e. The van der Waals surface area contributed by atoms with E-state index < -0.39 is 0 Å². The number of carbonyl (C=O) groups is 1. The van der Waals surface area contributed by atoms with Crippen LogP contribution in [0.5, 0.6) is 0 Å². The number of ether oxygens (including phenoxy) is 1. The topological polar surface area (TPSA) is 41.6 Å². The zero-order chi connectivity index (χ0) is 16.1. The lowest BCUT2D eigenvalue weighted by atomic mass is 10.1. The standard InChI is InChI=1S/C19H28N2O2/c1-15(16-6-3-2-4-7-16)21-12-11-17(14-21)20-19(22)10-9-18-8-5-13-23-18/h2-4,6-7,15,17-18H,5,8-14H2,1H3,(H,20,22)/t15-,17-,18-/m1/s1. The zero-order valence-electron chi connectivity index (χ0n) is 14.0. The Morgan fingerprint density at radius 1 is 1.35 bits per heavy atom. The first kappa shape index (κ1) is 16.5. The molecule has 2 fully saturated rings. The molecule has 126 valence electrons. The molecule has 2 heterocycles. The van der Waals surface area contributed by atoms with Crippen LogP contribution >= 0.6 is 0 Å². The minimum atomic E-state index is 0.180. The molecule has 1 amide bonds. The molecule has 4 heteroatoms. The SMILES string of the molecule is C[C@H](c1ccccc1)N1CC[C@@H](NC(=O)CC[C@H]2CCCO2)C1. The number of rotatable bonds is 6. The van der Waals surface area contributed by atoms with Crippen molar-refractivity contribution < 1.29 is 9.53 Å². The van der Waals surface area contributed by atoms with Gasteiger partial charge in [-0.25, -0.2) is 0 Å². The lowest BCUT2D eigenvalue weighted by molar-refractivity contribution is -0.122. The quantitative estimate of drug-likeness (QED) is 0.877. The van der Waals surface area contributed by atoms with Crippen LogP contribution in [0.2, 0.25) is 0 Å². The number of nitrogens with zero attached hydrogens (tertiary/aromatic N) is 1. The Balaban J connectivity index is 1.41. The van der Waals surface area contributed by atoms with Crippen LogP contribution < -0.4 is 5.32 Å². The summed E-state index contributed by atoms with van der Waals surface area (Å²) in [5.41, 5.74) is 1.35. The van der Waals surface area contributed by atoms with Gasteiger partial charge in [-0.15, -0.1) is 0 Å². The van der Waals surface area contributed by atoms with Crippen LogP contribution in [0.1, 0.15) is 50.6 Å². The molecule has 2 aliphatic heterocycles. The molecule has 0 spiro atoms. The van der Waals surface area contributed by atoms with Gasteiger partial charge in [0.1, 0.15) is 0 Å². The summed E-state index contributed by atoms with van der Waals surface area (Å²) >= 11 is 0. The monoisotopic (exact) mass is 316 g/mol. The second-order valence-corrected chi connectivity index (χ2v) is 6.81. The van der Waals surface area contributed by atoms with Crippen LogP contribution in [0.25, 0.3) is 0 Å². The fraction of sp³-hybridized carbons (Fsp3) is 0.632. The molecular weight excluding hydrogens is 288 g/mol. The summed E-state index contributed by atoms with van der Waals surface area (Å²) < 4.78 is 5.58. The van der Waals surface area contributed by atoms with E-state index in [9.17, 15) is 4.79 Å². The molecule has 0 aromatic heterocycles. The Kier molecular flexibility index (Phi) is 5.68. The normalized spacial score (nSPS) is 26.3. The van der Waals surface area contributed by atoms with E-state index in [1.54, 1.807) is 0 Å². The van der Waals surface area contributed by atoms with Crippen LogP contribution in [-0.2, 0) is 9.53 Å². The van der Waals surface area contributed by atoms with E-state index in [0.29, 0.717) is 18.6 Å². The fourth-order valence-electron chi connectivity index (χ4n) is 3.66. The van der Waals surface area contributed by atoms with Crippen molar-refractivity contribution in [2.24, 2.45) is 0 Å². The number of amides is 1. The van der Waals surface area contributed by atoms with Crippen molar-refractivity contribution in [2.45, 2.75) is 57.2 Å². The molecule has 0 bridgehead atoms. The van der Waals surface area contributed by atoms with Gasteiger partial charge in [0.25, 0.3) is 0 Å². The number of carbonyl (C=O) groups excluding carboxylic acids is 1. The zero-order valence-corrected chi connectivity index (χ0v) is 14.0. The maximum Gasteiger partial charge on any atom is 0.220 e. The predicted octanol–water partition coefficient (Wildman–Crippen LogP) is 2.90. The van der Waals surface area contributed by atoms with Crippen molar-refractivity contribution in [1.82, 2.24) is 10.2 Å². The van der Waals surface area contributed by atoms with Gasteiger partial charge < -0.3 is 10.1 Å². The molecule has 4 nitrogen and oxygen atoms in total. The van der Waals surface area contributed by atoms with Crippen molar-refractivity contribution in [3.63, 3.8) is 0 Å². The fourth-order valence-corrected chi connectivity index (χ4v) is 3.66. The molecule has 1 aromatic rings.